The lowest BCUT2D eigenvalue weighted by atomic mass is 10.0. The van der Waals surface area contributed by atoms with E-state index in [0.29, 0.717) is 12.3 Å². The minimum absolute atomic E-state index is 0.378. The summed E-state index contributed by atoms with van der Waals surface area (Å²) in [7, 11) is 0. The maximum Gasteiger partial charge on any atom is 0.341 e. The number of benzene rings is 1. The van der Waals surface area contributed by atoms with Gasteiger partial charge in [-0.15, -0.1) is 0 Å². The van der Waals surface area contributed by atoms with Gasteiger partial charge in [-0.25, -0.2) is 9.78 Å². The van der Waals surface area contributed by atoms with E-state index in [9.17, 15) is 4.79 Å². The summed E-state index contributed by atoms with van der Waals surface area (Å²) >= 11 is 0. The zero-order valence-corrected chi connectivity index (χ0v) is 14.9. The van der Waals surface area contributed by atoms with Crippen LogP contribution in [0, 0.1) is 0 Å². The molecule has 0 radical (unpaired) electrons. The highest BCUT2D eigenvalue weighted by Gasteiger charge is 2.10. The molecule has 0 spiro atoms. The Bertz CT molecular complexity index is 1110. The van der Waals surface area contributed by atoms with Crippen LogP contribution >= 0.6 is 0 Å². The molecular formula is C21H18N4O3. The molecule has 7 heteroatoms. The Balaban J connectivity index is 1.65. The molecule has 0 saturated carbocycles. The molecule has 0 unspecified atom stereocenters. The van der Waals surface area contributed by atoms with Crippen molar-refractivity contribution in [3.63, 3.8) is 0 Å². The Labute approximate surface area is 161 Å². The Morgan fingerprint density at radius 3 is 2.93 bits per heavy atom. The molecule has 3 aromatic heterocycles. The maximum absolute atomic E-state index is 10.8. The van der Waals surface area contributed by atoms with Crippen LogP contribution in [-0.4, -0.2) is 32.6 Å². The second-order valence-corrected chi connectivity index (χ2v) is 6.22. The van der Waals surface area contributed by atoms with Gasteiger partial charge in [0.1, 0.15) is 17.2 Å². The summed E-state index contributed by atoms with van der Waals surface area (Å²) in [5.41, 5.74) is 3.71. The number of nitrogens with one attached hydrogen (secondary N) is 2. The van der Waals surface area contributed by atoms with Crippen molar-refractivity contribution in [2.24, 2.45) is 0 Å². The number of aliphatic carboxylic acids is 1. The van der Waals surface area contributed by atoms with Gasteiger partial charge in [-0.1, -0.05) is 18.2 Å². The Morgan fingerprint density at radius 1 is 1.18 bits per heavy atom. The van der Waals surface area contributed by atoms with Crippen LogP contribution in [-0.2, 0) is 11.3 Å². The number of hydrogen-bond acceptors (Lipinski definition) is 5. The van der Waals surface area contributed by atoms with E-state index < -0.39 is 5.97 Å². The van der Waals surface area contributed by atoms with Crippen LogP contribution in [0.15, 0.2) is 67.1 Å². The molecule has 28 heavy (non-hydrogen) atoms. The quantitative estimate of drug-likeness (QED) is 0.456. The molecule has 0 fully saturated rings. The SMILES string of the molecule is O=C(O)COc1cccc(-c2cc(NCc3cccnc3)nc3[nH]ccc23)c1. The van der Waals surface area contributed by atoms with Gasteiger partial charge >= 0.3 is 5.97 Å². The molecule has 0 aliphatic rings. The number of anilines is 1. The Hall–Kier alpha value is -3.87. The zero-order chi connectivity index (χ0) is 19.3. The summed E-state index contributed by atoms with van der Waals surface area (Å²) in [6, 6.07) is 15.2. The number of rotatable bonds is 7. The molecule has 140 valence electrons. The number of pyridine rings is 2. The van der Waals surface area contributed by atoms with E-state index in [1.54, 1.807) is 12.3 Å². The molecule has 0 aliphatic heterocycles. The van der Waals surface area contributed by atoms with E-state index in [0.717, 1.165) is 33.5 Å². The lowest BCUT2D eigenvalue weighted by Crippen LogP contribution is -2.09. The monoisotopic (exact) mass is 374 g/mol. The van der Waals surface area contributed by atoms with Crippen molar-refractivity contribution in [1.82, 2.24) is 15.0 Å². The van der Waals surface area contributed by atoms with Gasteiger partial charge in [-0.05, 0) is 47.0 Å². The van der Waals surface area contributed by atoms with Crippen molar-refractivity contribution in [3.8, 4) is 16.9 Å². The molecule has 1 aromatic carbocycles. The highest BCUT2D eigenvalue weighted by molar-refractivity contribution is 5.95. The fraction of sp³-hybridized carbons (Fsp3) is 0.0952. The van der Waals surface area contributed by atoms with Gasteiger partial charge in [0, 0.05) is 30.5 Å². The summed E-state index contributed by atoms with van der Waals surface area (Å²) in [5.74, 6) is 0.222. The van der Waals surface area contributed by atoms with Crippen molar-refractivity contribution in [1.29, 1.82) is 0 Å². The number of carboxylic acid groups (broad SMARTS) is 1. The minimum Gasteiger partial charge on any atom is -0.482 e. The van der Waals surface area contributed by atoms with E-state index in [4.69, 9.17) is 9.84 Å². The molecule has 0 atom stereocenters. The fourth-order valence-corrected chi connectivity index (χ4v) is 2.96. The van der Waals surface area contributed by atoms with E-state index in [-0.39, 0.29) is 6.61 Å². The Morgan fingerprint density at radius 2 is 2.11 bits per heavy atom. The third kappa shape index (κ3) is 3.93. The molecule has 3 N–H and O–H groups in total. The number of H-pyrrole nitrogens is 1. The third-order valence-electron chi connectivity index (χ3n) is 4.23. The first-order valence-electron chi connectivity index (χ1n) is 8.75. The normalized spacial score (nSPS) is 10.7. The fourth-order valence-electron chi connectivity index (χ4n) is 2.96. The molecule has 4 aromatic rings. The smallest absolute Gasteiger partial charge is 0.341 e. The number of hydrogen-bond donors (Lipinski definition) is 3. The molecule has 0 bridgehead atoms. The van der Waals surface area contributed by atoms with Crippen LogP contribution < -0.4 is 10.1 Å². The van der Waals surface area contributed by atoms with Gasteiger partial charge in [0.05, 0.1) is 0 Å². The number of carbonyl (C=O) groups is 1. The molecule has 7 nitrogen and oxygen atoms in total. The van der Waals surface area contributed by atoms with Gasteiger partial charge in [0.2, 0.25) is 0 Å². The maximum atomic E-state index is 10.8. The summed E-state index contributed by atoms with van der Waals surface area (Å²) in [6.45, 7) is 0.228. The highest BCUT2D eigenvalue weighted by atomic mass is 16.5. The molecule has 0 aliphatic carbocycles. The second-order valence-electron chi connectivity index (χ2n) is 6.22. The second kappa shape index (κ2) is 7.79. The van der Waals surface area contributed by atoms with Crippen LogP contribution in [0.5, 0.6) is 5.75 Å². The summed E-state index contributed by atoms with van der Waals surface area (Å²) < 4.78 is 5.31. The number of carboxylic acids is 1. The first-order valence-corrected chi connectivity index (χ1v) is 8.75. The van der Waals surface area contributed by atoms with E-state index in [1.165, 1.54) is 0 Å². The molecule has 0 saturated heterocycles. The number of aromatic amines is 1. The van der Waals surface area contributed by atoms with Gasteiger partial charge in [0.15, 0.2) is 6.61 Å². The predicted octanol–water partition coefficient (Wildman–Crippen LogP) is 3.70. The highest BCUT2D eigenvalue weighted by Crippen LogP contribution is 2.32. The van der Waals surface area contributed by atoms with Gasteiger partial charge in [-0.3, -0.25) is 4.98 Å². The number of aromatic nitrogens is 3. The predicted molar refractivity (Wildman–Crippen MR) is 106 cm³/mol. The van der Waals surface area contributed by atoms with E-state index in [2.05, 4.69) is 20.3 Å². The van der Waals surface area contributed by atoms with E-state index in [1.807, 2.05) is 54.9 Å². The first kappa shape index (κ1) is 17.5. The lowest BCUT2D eigenvalue weighted by Gasteiger charge is -2.11. The largest absolute Gasteiger partial charge is 0.482 e. The van der Waals surface area contributed by atoms with Crippen molar-refractivity contribution >= 4 is 22.8 Å². The summed E-state index contributed by atoms with van der Waals surface area (Å²) in [6.07, 6.45) is 5.39. The van der Waals surface area contributed by atoms with Crippen molar-refractivity contribution in [2.75, 3.05) is 11.9 Å². The minimum atomic E-state index is -1.01. The first-order chi connectivity index (χ1) is 13.7. The standard InChI is InChI=1S/C21H18N4O3/c26-20(27)13-28-16-5-1-4-15(9-16)18-10-19(25-21-17(18)6-8-23-21)24-12-14-3-2-7-22-11-14/h1-11H,12-13H2,(H,26,27)(H2,23,24,25). The molecule has 3 heterocycles. The van der Waals surface area contributed by atoms with Crippen LogP contribution in [0.4, 0.5) is 5.82 Å². The number of nitrogens with zero attached hydrogens (tertiary/aromatic N) is 2. The number of fused-ring (bicyclic) bond motifs is 1. The topological polar surface area (TPSA) is 100 Å². The van der Waals surface area contributed by atoms with Crippen molar-refractivity contribution in [2.45, 2.75) is 6.54 Å². The van der Waals surface area contributed by atoms with E-state index >= 15 is 0 Å². The Kier molecular flexibility index (Phi) is 4.88. The zero-order valence-electron chi connectivity index (χ0n) is 14.9. The average Bonchev–Trinajstić information content (AvgIpc) is 3.20. The van der Waals surface area contributed by atoms with Crippen LogP contribution in [0.3, 0.4) is 0 Å². The third-order valence-corrected chi connectivity index (χ3v) is 4.23. The number of ether oxygens (including phenoxy) is 1. The molecule has 4 rings (SSSR count). The average molecular weight is 374 g/mol. The van der Waals surface area contributed by atoms with Crippen molar-refractivity contribution < 1.29 is 14.6 Å². The molecular weight excluding hydrogens is 356 g/mol. The van der Waals surface area contributed by atoms with Crippen LogP contribution in [0.2, 0.25) is 0 Å². The van der Waals surface area contributed by atoms with Gasteiger partial charge in [0.25, 0.3) is 0 Å². The summed E-state index contributed by atoms with van der Waals surface area (Å²) in [5, 5.41) is 13.1. The van der Waals surface area contributed by atoms with Gasteiger partial charge < -0.3 is 20.1 Å². The lowest BCUT2D eigenvalue weighted by molar-refractivity contribution is -0.139. The summed E-state index contributed by atoms with van der Waals surface area (Å²) in [4.78, 5) is 22.6. The van der Waals surface area contributed by atoms with Crippen LogP contribution in [0.25, 0.3) is 22.2 Å². The molecule has 0 amide bonds. The van der Waals surface area contributed by atoms with Crippen molar-refractivity contribution in [3.05, 3.63) is 72.7 Å². The van der Waals surface area contributed by atoms with Crippen LogP contribution in [0.1, 0.15) is 5.56 Å². The van der Waals surface area contributed by atoms with Gasteiger partial charge in [-0.2, -0.15) is 0 Å².